The molecule has 12 heteroatoms. The van der Waals surface area contributed by atoms with Gasteiger partial charge in [0.15, 0.2) is 5.82 Å². The predicted molar refractivity (Wildman–Crippen MR) is 183 cm³/mol. The molecular weight excluding hydrogens is 585 g/mol. The van der Waals surface area contributed by atoms with Crippen LogP contribution < -0.4 is 30.9 Å². The number of hydrogen-bond donors (Lipinski definition) is 3. The smallest absolute Gasteiger partial charge is 0.229 e. The third kappa shape index (κ3) is 7.01. The maximum Gasteiger partial charge on any atom is 0.229 e. The number of aryl methyl sites for hydroxylation is 1. The van der Waals surface area contributed by atoms with E-state index in [1.165, 1.54) is 24.1 Å². The van der Waals surface area contributed by atoms with Gasteiger partial charge in [-0.3, -0.25) is 4.90 Å². The maximum absolute atomic E-state index is 13.1. The zero-order chi connectivity index (χ0) is 31.4. The number of para-hydroxylation sites is 1. The molecule has 0 atom stereocenters. The first kappa shape index (κ1) is 31.1. The summed E-state index contributed by atoms with van der Waals surface area (Å²) in [5.74, 6) is 1.69. The maximum atomic E-state index is 13.1. The van der Waals surface area contributed by atoms with Gasteiger partial charge in [0, 0.05) is 74.8 Å². The molecule has 6 rings (SSSR count). The van der Waals surface area contributed by atoms with Crippen molar-refractivity contribution in [1.82, 2.24) is 30.0 Å². The van der Waals surface area contributed by atoms with E-state index in [0.717, 1.165) is 68.1 Å². The van der Waals surface area contributed by atoms with Crippen molar-refractivity contribution in [3.63, 3.8) is 0 Å². The Kier molecular flexibility index (Phi) is 9.40. The van der Waals surface area contributed by atoms with Crippen LogP contribution in [0.1, 0.15) is 25.3 Å². The van der Waals surface area contributed by atoms with E-state index in [-0.39, 0.29) is 0 Å². The van der Waals surface area contributed by atoms with Gasteiger partial charge in [0.1, 0.15) is 18.6 Å². The second-order valence-electron chi connectivity index (χ2n) is 12.0. The quantitative estimate of drug-likeness (QED) is 0.211. The van der Waals surface area contributed by atoms with Crippen LogP contribution in [0.4, 0.5) is 28.8 Å². The average Bonchev–Trinajstić information content (AvgIpc) is 3.60. The molecule has 0 amide bonds. The van der Waals surface area contributed by atoms with Gasteiger partial charge in [-0.15, -0.1) is 0 Å². The van der Waals surface area contributed by atoms with Crippen LogP contribution in [0.25, 0.3) is 5.69 Å². The molecule has 2 aliphatic heterocycles. The van der Waals surface area contributed by atoms with Gasteiger partial charge in [0.25, 0.3) is 0 Å². The van der Waals surface area contributed by atoms with Crippen LogP contribution in [-0.2, 0) is 11.0 Å². The largest absolute Gasteiger partial charge is 0.494 e. The van der Waals surface area contributed by atoms with E-state index in [4.69, 9.17) is 9.72 Å². The van der Waals surface area contributed by atoms with Gasteiger partial charge in [-0.2, -0.15) is 10.1 Å². The molecule has 238 valence electrons. The van der Waals surface area contributed by atoms with Crippen LogP contribution >= 0.6 is 7.14 Å². The Hall–Kier alpha value is -3.92. The van der Waals surface area contributed by atoms with E-state index in [9.17, 15) is 4.57 Å². The first-order valence-electron chi connectivity index (χ1n) is 15.8. The molecule has 2 aromatic heterocycles. The second-order valence-corrected chi connectivity index (χ2v) is 15.2. The van der Waals surface area contributed by atoms with Gasteiger partial charge in [-0.25, -0.2) is 9.67 Å². The lowest BCUT2D eigenvalue weighted by Crippen LogP contribution is -2.52. The fourth-order valence-corrected chi connectivity index (χ4v) is 7.54. The molecule has 0 aliphatic carbocycles. The number of piperazine rings is 1. The topological polar surface area (TPSA) is 112 Å². The number of aromatic nitrogens is 4. The van der Waals surface area contributed by atoms with Gasteiger partial charge >= 0.3 is 0 Å². The number of piperidine rings is 1. The van der Waals surface area contributed by atoms with Crippen molar-refractivity contribution in [3.8, 4) is 11.4 Å². The standard InChI is InChI=1S/C33H44N9O2P/c1-5-24-21-27(30(44-2)22-28(24)41-17-11-25(12-18-41)40-19-14-34-15-20-40)38-33-35-23-29(42-16-8-13-36-42)32(39-33)37-26-9-6-7-10-31(26)45(3,4)43/h6-10,13,16,21-23,25,34H,5,11-12,14-15,17-20H2,1-4H3,(H2,35,37,38,39). The Morgan fingerprint density at radius 2 is 1.78 bits per heavy atom. The third-order valence-electron chi connectivity index (χ3n) is 8.76. The van der Waals surface area contributed by atoms with Crippen molar-refractivity contribution >= 4 is 41.3 Å². The normalized spacial score (nSPS) is 16.5. The van der Waals surface area contributed by atoms with Gasteiger partial charge < -0.3 is 30.2 Å². The Balaban J connectivity index is 1.27. The number of nitrogens with one attached hydrogen (secondary N) is 3. The molecule has 3 N–H and O–H groups in total. The molecule has 0 radical (unpaired) electrons. The second kappa shape index (κ2) is 13.6. The Bertz CT molecular complexity index is 1640. The lowest BCUT2D eigenvalue weighted by molar-refractivity contribution is 0.150. The summed E-state index contributed by atoms with van der Waals surface area (Å²) in [4.78, 5) is 14.7. The molecule has 0 unspecified atom stereocenters. The van der Waals surface area contributed by atoms with E-state index < -0.39 is 7.14 Å². The van der Waals surface area contributed by atoms with E-state index in [1.54, 1.807) is 37.5 Å². The van der Waals surface area contributed by atoms with E-state index in [2.05, 4.69) is 54.9 Å². The van der Waals surface area contributed by atoms with Crippen molar-refractivity contribution in [1.29, 1.82) is 0 Å². The molecule has 2 fully saturated rings. The molecular formula is C33H44N9O2P. The summed E-state index contributed by atoms with van der Waals surface area (Å²) in [7, 11) is -0.851. The van der Waals surface area contributed by atoms with E-state index >= 15 is 0 Å². The predicted octanol–water partition coefficient (Wildman–Crippen LogP) is 4.84. The summed E-state index contributed by atoms with van der Waals surface area (Å²) in [5, 5.41) is 15.5. The molecule has 45 heavy (non-hydrogen) atoms. The lowest BCUT2D eigenvalue weighted by atomic mass is 9.99. The summed E-state index contributed by atoms with van der Waals surface area (Å²) in [6, 6.07) is 14.5. The van der Waals surface area contributed by atoms with Gasteiger partial charge in [-0.05, 0) is 62.4 Å². The molecule has 0 saturated carbocycles. The van der Waals surface area contributed by atoms with Crippen molar-refractivity contribution in [2.45, 2.75) is 32.2 Å². The number of rotatable bonds is 10. The van der Waals surface area contributed by atoms with Crippen LogP contribution in [0.2, 0.25) is 0 Å². The molecule has 4 aromatic rings. The summed E-state index contributed by atoms with van der Waals surface area (Å²) < 4.78 is 20.7. The number of hydrogen-bond acceptors (Lipinski definition) is 10. The zero-order valence-electron chi connectivity index (χ0n) is 26.7. The first-order chi connectivity index (χ1) is 21.8. The van der Waals surface area contributed by atoms with Gasteiger partial charge in [0.2, 0.25) is 5.95 Å². The Morgan fingerprint density at radius 3 is 2.47 bits per heavy atom. The Morgan fingerprint density at radius 1 is 1.00 bits per heavy atom. The van der Waals surface area contributed by atoms with Crippen molar-refractivity contribution < 1.29 is 9.30 Å². The van der Waals surface area contributed by atoms with Crippen LogP contribution in [0.15, 0.2) is 61.1 Å². The molecule has 11 nitrogen and oxygen atoms in total. The minimum atomic E-state index is -2.55. The van der Waals surface area contributed by atoms with Crippen molar-refractivity contribution in [2.75, 3.05) is 75.2 Å². The number of ether oxygens (including phenoxy) is 1. The van der Waals surface area contributed by atoms with Gasteiger partial charge in [-0.1, -0.05) is 19.1 Å². The first-order valence-corrected chi connectivity index (χ1v) is 18.4. The highest BCUT2D eigenvalue weighted by molar-refractivity contribution is 7.70. The summed E-state index contributed by atoms with van der Waals surface area (Å²) in [5.41, 5.74) is 4.69. The highest BCUT2D eigenvalue weighted by atomic mass is 31.2. The molecule has 0 bridgehead atoms. The molecule has 2 saturated heterocycles. The number of methoxy groups -OCH3 is 1. The van der Waals surface area contributed by atoms with Crippen molar-refractivity contribution in [3.05, 3.63) is 66.6 Å². The van der Waals surface area contributed by atoms with Gasteiger partial charge in [0.05, 0.1) is 24.7 Å². The lowest BCUT2D eigenvalue weighted by Gasteiger charge is -2.41. The monoisotopic (exact) mass is 629 g/mol. The summed E-state index contributed by atoms with van der Waals surface area (Å²) >= 11 is 0. The fourth-order valence-electron chi connectivity index (χ4n) is 6.38. The minimum Gasteiger partial charge on any atom is -0.494 e. The molecule has 4 heterocycles. The average molecular weight is 630 g/mol. The van der Waals surface area contributed by atoms with Crippen LogP contribution in [0.3, 0.4) is 0 Å². The minimum absolute atomic E-state index is 0.409. The number of benzene rings is 2. The fraction of sp³-hybridized carbons (Fsp3) is 0.424. The highest BCUT2D eigenvalue weighted by Gasteiger charge is 2.27. The van der Waals surface area contributed by atoms with E-state index in [0.29, 0.717) is 23.5 Å². The molecule has 2 aromatic carbocycles. The number of anilines is 5. The van der Waals surface area contributed by atoms with Crippen LogP contribution in [0, 0.1) is 0 Å². The summed E-state index contributed by atoms with van der Waals surface area (Å²) in [6.45, 7) is 12.3. The zero-order valence-corrected chi connectivity index (χ0v) is 27.6. The third-order valence-corrected chi connectivity index (χ3v) is 10.3. The molecule has 2 aliphatic rings. The SMILES string of the molecule is CCc1cc(Nc2ncc(-n3cccn3)c(Nc3ccccc3P(C)(C)=O)n2)c(OC)cc1N1CCC(N2CCNCC2)CC1. The van der Waals surface area contributed by atoms with Crippen molar-refractivity contribution in [2.24, 2.45) is 0 Å². The van der Waals surface area contributed by atoms with Crippen LogP contribution in [-0.4, -0.2) is 90.4 Å². The van der Waals surface area contributed by atoms with Crippen LogP contribution in [0.5, 0.6) is 5.75 Å². The summed E-state index contributed by atoms with van der Waals surface area (Å²) in [6.07, 6.45) is 8.52. The molecule has 0 spiro atoms. The van der Waals surface area contributed by atoms with E-state index in [1.807, 2.05) is 36.5 Å². The number of nitrogens with zero attached hydrogens (tertiary/aromatic N) is 6. The highest BCUT2D eigenvalue weighted by Crippen LogP contribution is 2.39. The Labute approximate surface area is 265 Å².